The van der Waals surface area contributed by atoms with Gasteiger partial charge in [-0.05, 0) is 56.6 Å². The molecule has 0 radical (unpaired) electrons. The number of para-hydroxylation sites is 1. The van der Waals surface area contributed by atoms with E-state index in [1.54, 1.807) is 11.8 Å². The highest BCUT2D eigenvalue weighted by Crippen LogP contribution is 2.44. The summed E-state index contributed by atoms with van der Waals surface area (Å²) in [6.07, 6.45) is 5.08. The van der Waals surface area contributed by atoms with Crippen LogP contribution < -0.4 is 10.6 Å². The Kier molecular flexibility index (Phi) is 5.68. The first-order chi connectivity index (χ1) is 11.7. The number of benzene rings is 1. The van der Waals surface area contributed by atoms with Gasteiger partial charge < -0.3 is 10.6 Å². The minimum Gasteiger partial charge on any atom is -0.375 e. The van der Waals surface area contributed by atoms with Gasteiger partial charge in [-0.2, -0.15) is 5.26 Å². The van der Waals surface area contributed by atoms with Crippen molar-refractivity contribution in [3.63, 3.8) is 0 Å². The number of hydrogen-bond donors (Lipinski definition) is 2. The highest BCUT2D eigenvalue weighted by Gasteiger charge is 2.42. The zero-order valence-corrected chi connectivity index (χ0v) is 14.9. The summed E-state index contributed by atoms with van der Waals surface area (Å²) in [5.74, 6) is 2.30. The van der Waals surface area contributed by atoms with Crippen LogP contribution >= 0.6 is 11.8 Å². The Balaban J connectivity index is 1.50. The van der Waals surface area contributed by atoms with Crippen LogP contribution in [0.15, 0.2) is 29.2 Å². The average molecular weight is 343 g/mol. The second-order valence-electron chi connectivity index (χ2n) is 6.96. The van der Waals surface area contributed by atoms with Crippen molar-refractivity contribution in [3.05, 3.63) is 24.3 Å². The lowest BCUT2D eigenvalue weighted by molar-refractivity contribution is -0.120. The van der Waals surface area contributed by atoms with E-state index in [0.717, 1.165) is 28.2 Å². The van der Waals surface area contributed by atoms with Crippen molar-refractivity contribution in [1.82, 2.24) is 5.32 Å². The third-order valence-corrected chi connectivity index (χ3v) is 5.96. The van der Waals surface area contributed by atoms with E-state index in [0.29, 0.717) is 12.6 Å². The van der Waals surface area contributed by atoms with Crippen LogP contribution in [0.3, 0.4) is 0 Å². The number of nitrogens with one attached hydrogen (secondary N) is 2. The monoisotopic (exact) mass is 343 g/mol. The van der Waals surface area contributed by atoms with Gasteiger partial charge in [-0.1, -0.05) is 12.1 Å². The van der Waals surface area contributed by atoms with Crippen LogP contribution in [0.5, 0.6) is 0 Å². The molecule has 4 nitrogen and oxygen atoms in total. The van der Waals surface area contributed by atoms with Gasteiger partial charge in [0.05, 0.1) is 18.5 Å². The number of hydrogen-bond acceptors (Lipinski definition) is 4. The second kappa shape index (κ2) is 7.94. The number of nitriles is 1. The molecule has 2 aliphatic carbocycles. The zero-order valence-electron chi connectivity index (χ0n) is 14.1. The number of rotatable bonds is 9. The van der Waals surface area contributed by atoms with Gasteiger partial charge in [0.15, 0.2) is 0 Å². The first-order valence-corrected chi connectivity index (χ1v) is 9.80. The van der Waals surface area contributed by atoms with E-state index in [1.165, 1.54) is 25.7 Å². The van der Waals surface area contributed by atoms with Crippen LogP contribution in [0.1, 0.15) is 32.6 Å². The maximum atomic E-state index is 12.3. The van der Waals surface area contributed by atoms with Gasteiger partial charge in [0.25, 0.3) is 0 Å². The van der Waals surface area contributed by atoms with Crippen molar-refractivity contribution in [3.8, 4) is 6.07 Å². The summed E-state index contributed by atoms with van der Waals surface area (Å²) in [5.41, 5.74) is 0.970. The minimum absolute atomic E-state index is 0.0178. The van der Waals surface area contributed by atoms with Gasteiger partial charge in [0.1, 0.15) is 0 Å². The Morgan fingerprint density at radius 2 is 1.96 bits per heavy atom. The molecule has 0 aromatic heterocycles. The Morgan fingerprint density at radius 3 is 2.58 bits per heavy atom. The molecule has 1 amide bonds. The molecule has 1 atom stereocenters. The molecule has 0 bridgehead atoms. The molecule has 5 heteroatoms. The number of amides is 1. The Bertz CT molecular complexity index is 607. The van der Waals surface area contributed by atoms with Gasteiger partial charge >= 0.3 is 0 Å². The van der Waals surface area contributed by atoms with Crippen LogP contribution in [0.25, 0.3) is 0 Å². The molecule has 0 unspecified atom stereocenters. The summed E-state index contributed by atoms with van der Waals surface area (Å²) >= 11 is 1.66. The molecule has 0 heterocycles. The van der Waals surface area contributed by atoms with Crippen molar-refractivity contribution < 1.29 is 4.79 Å². The van der Waals surface area contributed by atoms with E-state index in [9.17, 15) is 4.79 Å². The summed E-state index contributed by atoms with van der Waals surface area (Å²) in [6.45, 7) is 2.23. The fourth-order valence-corrected chi connectivity index (χ4v) is 3.91. The molecule has 2 saturated carbocycles. The van der Waals surface area contributed by atoms with Crippen LogP contribution in [0.2, 0.25) is 0 Å². The Labute approximate surface area is 148 Å². The summed E-state index contributed by atoms with van der Waals surface area (Å²) in [6, 6.07) is 10.6. The predicted molar refractivity (Wildman–Crippen MR) is 97.8 cm³/mol. The number of carbonyl (C=O) groups is 1. The van der Waals surface area contributed by atoms with E-state index in [-0.39, 0.29) is 11.8 Å². The average Bonchev–Trinajstić information content (AvgIpc) is 3.49. The fraction of sp³-hybridized carbons (Fsp3) is 0.579. The molecule has 2 aliphatic rings. The lowest BCUT2D eigenvalue weighted by Crippen LogP contribution is -2.41. The van der Waals surface area contributed by atoms with Crippen molar-refractivity contribution in [2.75, 3.05) is 17.6 Å². The van der Waals surface area contributed by atoms with Gasteiger partial charge in [-0.25, -0.2) is 0 Å². The first-order valence-electron chi connectivity index (χ1n) is 8.82. The van der Waals surface area contributed by atoms with Crippen molar-refractivity contribution in [2.45, 2.75) is 43.5 Å². The molecule has 128 valence electrons. The molecular formula is C19H25N3OS. The van der Waals surface area contributed by atoms with Gasteiger partial charge in [0.2, 0.25) is 5.91 Å². The van der Waals surface area contributed by atoms with Gasteiger partial charge in [-0.3, -0.25) is 4.79 Å². The first kappa shape index (κ1) is 17.2. The summed E-state index contributed by atoms with van der Waals surface area (Å²) in [4.78, 5) is 13.4. The molecule has 1 aromatic carbocycles. The third kappa shape index (κ3) is 4.91. The summed E-state index contributed by atoms with van der Waals surface area (Å²) in [5, 5.41) is 15.4. The van der Waals surface area contributed by atoms with Gasteiger partial charge in [-0.15, -0.1) is 11.8 Å². The predicted octanol–water partition coefficient (Wildman–Crippen LogP) is 3.66. The molecule has 0 spiro atoms. The fourth-order valence-electron chi connectivity index (χ4n) is 2.93. The number of nitrogens with zero attached hydrogens (tertiary/aromatic N) is 1. The largest absolute Gasteiger partial charge is 0.375 e. The molecule has 24 heavy (non-hydrogen) atoms. The Morgan fingerprint density at radius 1 is 1.29 bits per heavy atom. The lowest BCUT2D eigenvalue weighted by atomic mass is 10.1. The van der Waals surface area contributed by atoms with Crippen molar-refractivity contribution in [2.24, 2.45) is 17.8 Å². The zero-order chi connectivity index (χ0) is 16.9. The van der Waals surface area contributed by atoms with E-state index >= 15 is 0 Å². The van der Waals surface area contributed by atoms with Crippen LogP contribution in [-0.2, 0) is 4.79 Å². The SMILES string of the molecule is C[C@H](C#N)CSc1ccccc1NCC(=O)NC(C1CC1)C1CC1. The van der Waals surface area contributed by atoms with Gasteiger partial charge in [0, 0.05) is 22.4 Å². The number of thioether (sulfide) groups is 1. The lowest BCUT2D eigenvalue weighted by Gasteiger charge is -2.18. The highest BCUT2D eigenvalue weighted by atomic mass is 32.2. The molecule has 1 aromatic rings. The molecule has 2 fully saturated rings. The maximum Gasteiger partial charge on any atom is 0.239 e. The second-order valence-corrected chi connectivity index (χ2v) is 8.02. The summed E-state index contributed by atoms with van der Waals surface area (Å²) < 4.78 is 0. The van der Waals surface area contributed by atoms with Crippen molar-refractivity contribution >= 4 is 23.4 Å². The van der Waals surface area contributed by atoms with Crippen LogP contribution in [-0.4, -0.2) is 24.2 Å². The minimum atomic E-state index is 0.0178. The number of anilines is 1. The van der Waals surface area contributed by atoms with Crippen LogP contribution in [0, 0.1) is 29.1 Å². The quantitative estimate of drug-likeness (QED) is 0.672. The van der Waals surface area contributed by atoms with E-state index in [4.69, 9.17) is 5.26 Å². The molecule has 0 aliphatic heterocycles. The molecule has 2 N–H and O–H groups in total. The standard InChI is InChI=1S/C19H25N3OS/c1-13(10-20)12-24-17-5-3-2-4-16(17)21-11-18(23)22-19(14-6-7-14)15-8-9-15/h2-5,13-15,19,21H,6-9,11-12H2,1H3,(H,22,23)/t13-/m1/s1. The Hall–Kier alpha value is -1.67. The van der Waals surface area contributed by atoms with E-state index in [2.05, 4.69) is 16.7 Å². The molecule has 3 rings (SSSR count). The molecular weight excluding hydrogens is 318 g/mol. The topological polar surface area (TPSA) is 64.9 Å². The van der Waals surface area contributed by atoms with Crippen molar-refractivity contribution in [1.29, 1.82) is 5.26 Å². The maximum absolute atomic E-state index is 12.3. The van der Waals surface area contributed by atoms with E-state index in [1.807, 2.05) is 31.2 Å². The highest BCUT2D eigenvalue weighted by molar-refractivity contribution is 7.99. The smallest absolute Gasteiger partial charge is 0.239 e. The normalized spacial score (nSPS) is 18.0. The number of carbonyl (C=O) groups excluding carboxylic acids is 1. The molecule has 0 saturated heterocycles. The third-order valence-electron chi connectivity index (χ3n) is 4.62. The van der Waals surface area contributed by atoms with E-state index < -0.39 is 0 Å². The van der Waals surface area contributed by atoms with Crippen LogP contribution in [0.4, 0.5) is 5.69 Å². The summed E-state index contributed by atoms with van der Waals surface area (Å²) in [7, 11) is 0.